The molecule has 0 spiro atoms. The molecule has 1 heterocycles. The predicted molar refractivity (Wildman–Crippen MR) is 73.3 cm³/mol. The van der Waals surface area contributed by atoms with E-state index >= 15 is 0 Å². The molecule has 1 aliphatic rings. The first kappa shape index (κ1) is 12.3. The van der Waals surface area contributed by atoms with Crippen LogP contribution in [0.15, 0.2) is 54.6 Å². The second-order valence-corrected chi connectivity index (χ2v) is 4.69. The number of nitrogens with zero attached hydrogens (tertiary/aromatic N) is 2. The Kier molecular flexibility index (Phi) is 2.95. The van der Waals surface area contributed by atoms with Crippen LogP contribution in [0.5, 0.6) is 0 Å². The molecule has 3 rings (SSSR count). The van der Waals surface area contributed by atoms with Crippen LogP contribution in [0.25, 0.3) is 0 Å². The number of amides is 1. The molecule has 0 aliphatic carbocycles. The Bertz CT molecular complexity index is 653. The third kappa shape index (κ3) is 2.25. The summed E-state index contributed by atoms with van der Waals surface area (Å²) in [7, 11) is 0. The summed E-state index contributed by atoms with van der Waals surface area (Å²) in [5.41, 5.74) is 1.59. The Balaban J connectivity index is 1.73. The van der Waals surface area contributed by atoms with E-state index in [4.69, 9.17) is 0 Å². The van der Waals surface area contributed by atoms with Gasteiger partial charge in [0, 0.05) is 24.2 Å². The van der Waals surface area contributed by atoms with Crippen LogP contribution in [0.2, 0.25) is 0 Å². The van der Waals surface area contributed by atoms with Gasteiger partial charge < -0.3 is 4.90 Å². The Morgan fingerprint density at radius 3 is 2.35 bits per heavy atom. The zero-order chi connectivity index (χ0) is 14.1. The summed E-state index contributed by atoms with van der Waals surface area (Å²) in [5, 5.41) is 10.6. The highest BCUT2D eigenvalue weighted by Gasteiger charge is 2.39. The zero-order valence-corrected chi connectivity index (χ0v) is 10.6. The number of carbonyl (C=O) groups excluding carboxylic acids is 1. The highest BCUT2D eigenvalue weighted by molar-refractivity contribution is 5.96. The number of nitro benzene ring substituents is 1. The normalized spacial score (nSPS) is 16.8. The van der Waals surface area contributed by atoms with Crippen molar-refractivity contribution in [2.75, 3.05) is 6.54 Å². The largest absolute Gasteiger partial charge is 0.327 e. The third-order valence-electron chi connectivity index (χ3n) is 3.38. The lowest BCUT2D eigenvalue weighted by atomic mass is 10.1. The van der Waals surface area contributed by atoms with Crippen LogP contribution in [0.3, 0.4) is 0 Å². The summed E-state index contributed by atoms with van der Waals surface area (Å²) in [6, 6.07) is 15.7. The van der Waals surface area contributed by atoms with Gasteiger partial charge in [-0.15, -0.1) is 0 Å². The number of benzene rings is 2. The van der Waals surface area contributed by atoms with Gasteiger partial charge in [0.15, 0.2) is 0 Å². The summed E-state index contributed by atoms with van der Waals surface area (Å²) < 4.78 is 0. The Labute approximate surface area is 115 Å². The maximum Gasteiger partial charge on any atom is 0.269 e. The lowest BCUT2D eigenvalue weighted by Crippen LogP contribution is -2.11. The molecule has 1 atom stereocenters. The molecule has 2 aromatic carbocycles. The molecule has 1 amide bonds. The van der Waals surface area contributed by atoms with Gasteiger partial charge in [0.2, 0.25) is 0 Å². The monoisotopic (exact) mass is 268 g/mol. The van der Waals surface area contributed by atoms with Gasteiger partial charge in [-0.05, 0) is 17.7 Å². The van der Waals surface area contributed by atoms with Crippen LogP contribution < -0.4 is 0 Å². The quantitative estimate of drug-likeness (QED) is 0.488. The van der Waals surface area contributed by atoms with Crippen molar-refractivity contribution in [3.05, 3.63) is 75.8 Å². The van der Waals surface area contributed by atoms with Crippen LogP contribution in [-0.4, -0.2) is 22.3 Å². The summed E-state index contributed by atoms with van der Waals surface area (Å²) in [6.45, 7) is 0.694. The fourth-order valence-electron chi connectivity index (χ4n) is 2.22. The first-order valence-corrected chi connectivity index (χ1v) is 6.27. The zero-order valence-electron chi connectivity index (χ0n) is 10.6. The smallest absolute Gasteiger partial charge is 0.269 e. The molecule has 0 bridgehead atoms. The molecule has 1 aliphatic heterocycles. The van der Waals surface area contributed by atoms with E-state index in [2.05, 4.69) is 0 Å². The van der Waals surface area contributed by atoms with Gasteiger partial charge in [-0.25, -0.2) is 0 Å². The summed E-state index contributed by atoms with van der Waals surface area (Å²) in [6.07, 6.45) is 0. The van der Waals surface area contributed by atoms with Gasteiger partial charge in [-0.2, -0.15) is 0 Å². The first-order valence-electron chi connectivity index (χ1n) is 6.27. The Morgan fingerprint density at radius 1 is 1.10 bits per heavy atom. The lowest BCUT2D eigenvalue weighted by Gasteiger charge is -2.04. The molecule has 5 heteroatoms. The minimum atomic E-state index is -0.474. The maximum atomic E-state index is 12.2. The second kappa shape index (κ2) is 4.77. The summed E-state index contributed by atoms with van der Waals surface area (Å²) in [5.74, 6) is -0.0891. The van der Waals surface area contributed by atoms with E-state index in [1.54, 1.807) is 4.90 Å². The summed E-state index contributed by atoms with van der Waals surface area (Å²) in [4.78, 5) is 24.1. The van der Waals surface area contributed by atoms with E-state index in [1.165, 1.54) is 24.3 Å². The Hall–Kier alpha value is -2.69. The second-order valence-electron chi connectivity index (χ2n) is 4.69. The van der Waals surface area contributed by atoms with Crippen LogP contribution in [0, 0.1) is 10.1 Å². The van der Waals surface area contributed by atoms with Gasteiger partial charge in [0.05, 0.1) is 11.0 Å². The fraction of sp³-hybridized carbons (Fsp3) is 0.133. The molecule has 100 valence electrons. The number of carbonyl (C=O) groups is 1. The highest BCUT2D eigenvalue weighted by atomic mass is 16.6. The average Bonchev–Trinajstić information content (AvgIpc) is 3.28. The number of non-ortho nitro benzene ring substituents is 1. The van der Waals surface area contributed by atoms with Crippen molar-refractivity contribution in [2.45, 2.75) is 6.04 Å². The standard InChI is InChI=1S/C15H12N2O3/c18-15(12-6-8-13(9-7-12)17(19)20)16-10-14(16)11-4-2-1-3-5-11/h1-9,14H,10H2. The maximum absolute atomic E-state index is 12.2. The van der Waals surface area contributed by atoms with Crippen molar-refractivity contribution in [1.82, 2.24) is 4.90 Å². The molecule has 1 saturated heterocycles. The SMILES string of the molecule is O=C(c1ccc([N+](=O)[O-])cc1)N1CC1c1ccccc1. The topological polar surface area (TPSA) is 63.2 Å². The van der Waals surface area contributed by atoms with Crippen LogP contribution >= 0.6 is 0 Å². The van der Waals surface area contributed by atoms with Crippen molar-refractivity contribution in [3.8, 4) is 0 Å². The molecular formula is C15H12N2O3. The van der Waals surface area contributed by atoms with E-state index in [9.17, 15) is 14.9 Å². The lowest BCUT2D eigenvalue weighted by molar-refractivity contribution is -0.384. The summed E-state index contributed by atoms with van der Waals surface area (Å²) >= 11 is 0. The van der Waals surface area contributed by atoms with Crippen molar-refractivity contribution in [1.29, 1.82) is 0 Å². The Morgan fingerprint density at radius 2 is 1.75 bits per heavy atom. The van der Waals surface area contributed by atoms with E-state index < -0.39 is 4.92 Å². The van der Waals surface area contributed by atoms with Crippen LogP contribution in [0.1, 0.15) is 22.0 Å². The number of hydrogen-bond acceptors (Lipinski definition) is 3. The first-order chi connectivity index (χ1) is 9.66. The molecular weight excluding hydrogens is 256 g/mol. The number of rotatable bonds is 3. The molecule has 20 heavy (non-hydrogen) atoms. The van der Waals surface area contributed by atoms with E-state index in [-0.39, 0.29) is 17.6 Å². The van der Waals surface area contributed by atoms with E-state index in [0.29, 0.717) is 12.1 Å². The minimum Gasteiger partial charge on any atom is -0.327 e. The molecule has 1 fully saturated rings. The number of nitro groups is 1. The minimum absolute atomic E-state index is 0.00745. The van der Waals surface area contributed by atoms with Gasteiger partial charge in [0.25, 0.3) is 11.6 Å². The van der Waals surface area contributed by atoms with Gasteiger partial charge >= 0.3 is 0 Å². The van der Waals surface area contributed by atoms with E-state index in [0.717, 1.165) is 5.56 Å². The molecule has 2 aromatic rings. The van der Waals surface area contributed by atoms with Crippen LogP contribution in [0.4, 0.5) is 5.69 Å². The molecule has 5 nitrogen and oxygen atoms in total. The van der Waals surface area contributed by atoms with E-state index in [1.807, 2.05) is 30.3 Å². The molecule has 0 radical (unpaired) electrons. The predicted octanol–water partition coefficient (Wildman–Crippen LogP) is 2.79. The fourth-order valence-corrected chi connectivity index (χ4v) is 2.22. The van der Waals surface area contributed by atoms with Crippen LogP contribution in [-0.2, 0) is 0 Å². The molecule has 0 aromatic heterocycles. The van der Waals surface area contributed by atoms with Gasteiger partial charge in [-0.1, -0.05) is 30.3 Å². The number of hydrogen-bond donors (Lipinski definition) is 0. The average molecular weight is 268 g/mol. The third-order valence-corrected chi connectivity index (χ3v) is 3.38. The molecule has 0 N–H and O–H groups in total. The molecule has 1 unspecified atom stereocenters. The van der Waals surface area contributed by atoms with Crippen molar-refractivity contribution in [2.24, 2.45) is 0 Å². The van der Waals surface area contributed by atoms with Crippen molar-refractivity contribution < 1.29 is 9.72 Å². The van der Waals surface area contributed by atoms with Crippen molar-refractivity contribution in [3.63, 3.8) is 0 Å². The molecule has 0 saturated carbocycles. The van der Waals surface area contributed by atoms with Gasteiger partial charge in [-0.3, -0.25) is 14.9 Å². The highest BCUT2D eigenvalue weighted by Crippen LogP contribution is 2.36. The van der Waals surface area contributed by atoms with Crippen molar-refractivity contribution >= 4 is 11.6 Å². The van der Waals surface area contributed by atoms with Gasteiger partial charge in [0.1, 0.15) is 0 Å².